The highest BCUT2D eigenvalue weighted by Gasteiger charge is 2.31. The van der Waals surface area contributed by atoms with Crippen LogP contribution in [0.4, 0.5) is 0 Å². The van der Waals surface area contributed by atoms with Gasteiger partial charge in [0, 0.05) is 11.6 Å². The second-order valence-corrected chi connectivity index (χ2v) is 6.14. The van der Waals surface area contributed by atoms with Crippen LogP contribution in [-0.2, 0) is 4.79 Å². The van der Waals surface area contributed by atoms with Crippen molar-refractivity contribution in [3.8, 4) is 11.5 Å². The van der Waals surface area contributed by atoms with E-state index in [9.17, 15) is 9.90 Å². The lowest BCUT2D eigenvalue weighted by molar-refractivity contribution is -0.122. The van der Waals surface area contributed by atoms with Gasteiger partial charge < -0.3 is 14.3 Å². The van der Waals surface area contributed by atoms with Gasteiger partial charge in [0.05, 0.1) is 19.6 Å². The third-order valence-corrected chi connectivity index (χ3v) is 4.22. The van der Waals surface area contributed by atoms with Gasteiger partial charge in [0.15, 0.2) is 17.3 Å². The number of carbonyl (C=O) groups is 1. The molecule has 0 atom stereocenters. The summed E-state index contributed by atoms with van der Waals surface area (Å²) in [7, 11) is 1.46. The average Bonchev–Trinajstić information content (AvgIpc) is 3.37. The number of furan rings is 1. The molecule has 7 nitrogen and oxygen atoms in total. The molecule has 2 heterocycles. The van der Waals surface area contributed by atoms with Gasteiger partial charge in [0.2, 0.25) is 0 Å². The van der Waals surface area contributed by atoms with Crippen LogP contribution in [0.2, 0.25) is 0 Å². The number of aromatic hydroxyl groups is 1. The molecule has 1 aromatic heterocycles. The predicted octanol–water partition coefficient (Wildman–Crippen LogP) is 3.66. The molecule has 7 heteroatoms. The molecule has 0 saturated heterocycles. The number of amidine groups is 1. The van der Waals surface area contributed by atoms with E-state index in [1.165, 1.54) is 30.7 Å². The largest absolute Gasteiger partial charge is 0.504 e. The molecule has 0 aliphatic carbocycles. The molecule has 1 aliphatic heterocycles. The third kappa shape index (κ3) is 3.79. The van der Waals surface area contributed by atoms with E-state index < -0.39 is 0 Å². The Morgan fingerprint density at radius 3 is 2.69 bits per heavy atom. The van der Waals surface area contributed by atoms with Crippen LogP contribution >= 0.6 is 0 Å². The number of benzene rings is 2. The van der Waals surface area contributed by atoms with E-state index >= 15 is 0 Å². The van der Waals surface area contributed by atoms with E-state index in [-0.39, 0.29) is 17.4 Å². The lowest BCUT2D eigenvalue weighted by Gasteiger charge is -2.12. The SMILES string of the molecule is COc1cc(/C=N/N2C(=O)C(=Cc3ccco3)N=C2c2ccccc2)ccc1O. The first-order chi connectivity index (χ1) is 14.2. The van der Waals surface area contributed by atoms with Crippen molar-refractivity contribution in [3.63, 3.8) is 0 Å². The summed E-state index contributed by atoms with van der Waals surface area (Å²) in [4.78, 5) is 17.4. The van der Waals surface area contributed by atoms with E-state index in [4.69, 9.17) is 9.15 Å². The normalized spacial score (nSPS) is 15.3. The van der Waals surface area contributed by atoms with E-state index in [1.54, 1.807) is 30.3 Å². The Hall–Kier alpha value is -4.13. The Labute approximate surface area is 166 Å². The van der Waals surface area contributed by atoms with Crippen molar-refractivity contribution >= 4 is 24.0 Å². The van der Waals surface area contributed by atoms with Gasteiger partial charge in [-0.05, 0) is 35.9 Å². The number of nitrogens with zero attached hydrogens (tertiary/aromatic N) is 3. The Bertz CT molecular complexity index is 1120. The molecule has 29 heavy (non-hydrogen) atoms. The number of ether oxygens (including phenoxy) is 1. The fourth-order valence-corrected chi connectivity index (χ4v) is 2.80. The highest BCUT2D eigenvalue weighted by atomic mass is 16.5. The summed E-state index contributed by atoms with van der Waals surface area (Å²) in [6.45, 7) is 0. The van der Waals surface area contributed by atoms with E-state index in [1.807, 2.05) is 30.3 Å². The van der Waals surface area contributed by atoms with E-state index in [0.29, 0.717) is 22.9 Å². The van der Waals surface area contributed by atoms with Crippen molar-refractivity contribution in [1.29, 1.82) is 0 Å². The van der Waals surface area contributed by atoms with Gasteiger partial charge in [-0.1, -0.05) is 30.3 Å². The van der Waals surface area contributed by atoms with Crippen molar-refractivity contribution in [2.24, 2.45) is 10.1 Å². The lowest BCUT2D eigenvalue weighted by Crippen LogP contribution is -2.27. The summed E-state index contributed by atoms with van der Waals surface area (Å²) in [5.74, 6) is 0.908. The zero-order chi connectivity index (χ0) is 20.2. The highest BCUT2D eigenvalue weighted by molar-refractivity contribution is 6.19. The standard InChI is InChI=1S/C22H17N3O4/c1-28-20-12-15(9-10-19(20)26)14-23-25-21(16-6-3-2-4-7-16)24-18(22(25)27)13-17-8-5-11-29-17/h2-14,26H,1H3/b18-13?,23-14+. The molecule has 1 aliphatic rings. The summed E-state index contributed by atoms with van der Waals surface area (Å²) in [6.07, 6.45) is 4.61. The molecule has 0 fully saturated rings. The molecule has 4 rings (SSSR count). The summed E-state index contributed by atoms with van der Waals surface area (Å²) in [5, 5.41) is 15.3. The minimum absolute atomic E-state index is 0.0251. The first kappa shape index (κ1) is 18.2. The zero-order valence-corrected chi connectivity index (χ0v) is 15.5. The maximum absolute atomic E-state index is 12.9. The Morgan fingerprint density at radius 2 is 1.97 bits per heavy atom. The maximum atomic E-state index is 12.9. The fourth-order valence-electron chi connectivity index (χ4n) is 2.80. The molecule has 0 bridgehead atoms. The Kier molecular flexibility index (Phi) is 4.94. The van der Waals surface area contributed by atoms with Crippen LogP contribution in [0.15, 0.2) is 87.1 Å². The number of hydrazone groups is 1. The van der Waals surface area contributed by atoms with Gasteiger partial charge in [0.25, 0.3) is 5.91 Å². The van der Waals surface area contributed by atoms with Gasteiger partial charge in [-0.3, -0.25) is 4.79 Å². The summed E-state index contributed by atoms with van der Waals surface area (Å²) >= 11 is 0. The smallest absolute Gasteiger partial charge is 0.298 e. The van der Waals surface area contributed by atoms with Crippen LogP contribution in [0.3, 0.4) is 0 Å². The molecule has 1 N–H and O–H groups in total. The van der Waals surface area contributed by atoms with Crippen LogP contribution in [0.5, 0.6) is 11.5 Å². The maximum Gasteiger partial charge on any atom is 0.298 e. The van der Waals surface area contributed by atoms with Gasteiger partial charge in [-0.15, -0.1) is 0 Å². The molecule has 3 aromatic rings. The fraction of sp³-hybridized carbons (Fsp3) is 0.0455. The summed E-state index contributed by atoms with van der Waals surface area (Å²) in [5.41, 5.74) is 1.63. The van der Waals surface area contributed by atoms with E-state index in [0.717, 1.165) is 5.56 Å². The number of aliphatic imine (C=N–C) groups is 1. The van der Waals surface area contributed by atoms with Gasteiger partial charge in [0.1, 0.15) is 11.5 Å². The van der Waals surface area contributed by atoms with Gasteiger partial charge >= 0.3 is 0 Å². The highest BCUT2D eigenvalue weighted by Crippen LogP contribution is 2.26. The minimum atomic E-state index is -0.373. The number of rotatable bonds is 5. The molecule has 0 unspecified atom stereocenters. The number of hydrogen-bond donors (Lipinski definition) is 1. The quantitative estimate of drug-likeness (QED) is 0.535. The van der Waals surface area contributed by atoms with Crippen molar-refractivity contribution < 1.29 is 19.1 Å². The number of phenols is 1. The monoisotopic (exact) mass is 387 g/mol. The first-order valence-electron chi connectivity index (χ1n) is 8.80. The lowest BCUT2D eigenvalue weighted by atomic mass is 10.2. The predicted molar refractivity (Wildman–Crippen MR) is 109 cm³/mol. The summed E-state index contributed by atoms with van der Waals surface area (Å²) in [6, 6.07) is 17.6. The van der Waals surface area contributed by atoms with Crippen molar-refractivity contribution in [2.45, 2.75) is 0 Å². The zero-order valence-electron chi connectivity index (χ0n) is 15.5. The summed E-state index contributed by atoms with van der Waals surface area (Å²) < 4.78 is 10.4. The Balaban J connectivity index is 1.70. The second kappa shape index (κ2) is 7.85. The van der Waals surface area contributed by atoms with Gasteiger partial charge in [-0.25, -0.2) is 4.99 Å². The van der Waals surface area contributed by atoms with Gasteiger partial charge in [-0.2, -0.15) is 10.1 Å². The number of methoxy groups -OCH3 is 1. The van der Waals surface area contributed by atoms with Crippen LogP contribution in [-0.4, -0.2) is 35.2 Å². The van der Waals surface area contributed by atoms with Crippen molar-refractivity contribution in [1.82, 2.24) is 5.01 Å². The second-order valence-electron chi connectivity index (χ2n) is 6.14. The van der Waals surface area contributed by atoms with Crippen LogP contribution in [0, 0.1) is 0 Å². The Morgan fingerprint density at radius 1 is 1.14 bits per heavy atom. The first-order valence-corrected chi connectivity index (χ1v) is 8.80. The van der Waals surface area contributed by atoms with Crippen LogP contribution in [0.1, 0.15) is 16.9 Å². The number of amides is 1. The molecule has 144 valence electrons. The molecule has 2 aromatic carbocycles. The van der Waals surface area contributed by atoms with E-state index in [2.05, 4.69) is 10.1 Å². The molecule has 0 spiro atoms. The van der Waals surface area contributed by atoms with Crippen molar-refractivity contribution in [2.75, 3.05) is 7.11 Å². The molecular weight excluding hydrogens is 370 g/mol. The molecular formula is C22H17N3O4. The average molecular weight is 387 g/mol. The number of phenolic OH excluding ortho intramolecular Hbond substituents is 1. The van der Waals surface area contributed by atoms with Crippen LogP contribution in [0.25, 0.3) is 6.08 Å². The number of carbonyl (C=O) groups excluding carboxylic acids is 1. The van der Waals surface area contributed by atoms with Crippen molar-refractivity contribution in [3.05, 3.63) is 89.5 Å². The molecule has 0 radical (unpaired) electrons. The minimum Gasteiger partial charge on any atom is -0.504 e. The third-order valence-electron chi connectivity index (χ3n) is 4.22. The van der Waals surface area contributed by atoms with Crippen LogP contribution < -0.4 is 4.74 Å². The molecule has 1 amide bonds. The molecule has 0 saturated carbocycles. The number of hydrogen-bond acceptors (Lipinski definition) is 6. The topological polar surface area (TPSA) is 87.6 Å².